The maximum absolute atomic E-state index is 11.7. The molecule has 1 amide bonds. The molecule has 0 unspecified atom stereocenters. The van der Waals surface area contributed by atoms with Crippen molar-refractivity contribution in [3.8, 4) is 0 Å². The SMILES string of the molecule is Cn1ccnc1/C=N/NC(=O)c1cccc(Cl)c1. The van der Waals surface area contributed by atoms with E-state index in [1.54, 1.807) is 41.2 Å². The fourth-order valence-corrected chi connectivity index (χ4v) is 1.53. The Morgan fingerprint density at radius 1 is 1.56 bits per heavy atom. The number of hydrogen-bond acceptors (Lipinski definition) is 3. The van der Waals surface area contributed by atoms with Crippen molar-refractivity contribution in [1.29, 1.82) is 0 Å². The molecule has 0 fully saturated rings. The number of carbonyl (C=O) groups excluding carboxylic acids is 1. The van der Waals surface area contributed by atoms with Crippen molar-refractivity contribution >= 4 is 23.7 Å². The molecule has 2 rings (SSSR count). The lowest BCUT2D eigenvalue weighted by molar-refractivity contribution is 0.0955. The van der Waals surface area contributed by atoms with E-state index in [2.05, 4.69) is 15.5 Å². The smallest absolute Gasteiger partial charge is 0.271 e. The summed E-state index contributed by atoms with van der Waals surface area (Å²) in [6.07, 6.45) is 4.92. The molecule has 0 saturated heterocycles. The minimum Gasteiger partial charge on any atom is -0.333 e. The molecule has 1 aromatic heterocycles. The average Bonchev–Trinajstić information content (AvgIpc) is 2.75. The summed E-state index contributed by atoms with van der Waals surface area (Å²) < 4.78 is 1.79. The minimum absolute atomic E-state index is 0.317. The first-order valence-electron chi connectivity index (χ1n) is 5.23. The van der Waals surface area contributed by atoms with Gasteiger partial charge in [-0.05, 0) is 18.2 Å². The standard InChI is InChI=1S/C12H11ClN4O/c1-17-6-5-14-11(17)8-15-16-12(18)9-3-2-4-10(13)7-9/h2-8H,1H3,(H,16,18)/b15-8+. The Balaban J connectivity index is 2.01. The highest BCUT2D eigenvalue weighted by atomic mass is 35.5. The Bertz CT molecular complexity index is 591. The first-order valence-corrected chi connectivity index (χ1v) is 5.61. The molecular weight excluding hydrogens is 252 g/mol. The Kier molecular flexibility index (Phi) is 3.74. The molecule has 5 nitrogen and oxygen atoms in total. The number of imidazole rings is 1. The summed E-state index contributed by atoms with van der Waals surface area (Å²) >= 11 is 5.79. The van der Waals surface area contributed by atoms with Crippen molar-refractivity contribution in [3.63, 3.8) is 0 Å². The van der Waals surface area contributed by atoms with Crippen LogP contribution in [0.5, 0.6) is 0 Å². The molecule has 2 aromatic rings. The predicted molar refractivity (Wildman–Crippen MR) is 69.7 cm³/mol. The zero-order valence-electron chi connectivity index (χ0n) is 9.67. The molecule has 1 aromatic carbocycles. The van der Waals surface area contributed by atoms with E-state index in [1.165, 1.54) is 6.21 Å². The van der Waals surface area contributed by atoms with Gasteiger partial charge in [0.15, 0.2) is 5.82 Å². The summed E-state index contributed by atoms with van der Waals surface area (Å²) in [6.45, 7) is 0. The van der Waals surface area contributed by atoms with Gasteiger partial charge < -0.3 is 4.57 Å². The van der Waals surface area contributed by atoms with Crippen LogP contribution in [0.4, 0.5) is 0 Å². The molecule has 1 heterocycles. The maximum atomic E-state index is 11.7. The predicted octanol–water partition coefficient (Wildman–Crippen LogP) is 1.84. The number of halogens is 1. The van der Waals surface area contributed by atoms with E-state index >= 15 is 0 Å². The van der Waals surface area contributed by atoms with Gasteiger partial charge in [0.25, 0.3) is 5.91 Å². The quantitative estimate of drug-likeness (QED) is 0.678. The third kappa shape index (κ3) is 2.95. The lowest BCUT2D eigenvalue weighted by Crippen LogP contribution is -2.17. The van der Waals surface area contributed by atoms with Crippen LogP contribution >= 0.6 is 11.6 Å². The highest BCUT2D eigenvalue weighted by Gasteiger charge is 2.04. The van der Waals surface area contributed by atoms with Crippen molar-refractivity contribution in [2.75, 3.05) is 0 Å². The monoisotopic (exact) mass is 262 g/mol. The molecule has 0 saturated carbocycles. The van der Waals surface area contributed by atoms with Crippen molar-refractivity contribution in [2.24, 2.45) is 12.1 Å². The van der Waals surface area contributed by atoms with Crippen molar-refractivity contribution in [3.05, 3.63) is 53.1 Å². The second kappa shape index (κ2) is 5.46. The van der Waals surface area contributed by atoms with Gasteiger partial charge in [-0.1, -0.05) is 17.7 Å². The lowest BCUT2D eigenvalue weighted by Gasteiger charge is -2.00. The number of carbonyl (C=O) groups is 1. The highest BCUT2D eigenvalue weighted by molar-refractivity contribution is 6.30. The van der Waals surface area contributed by atoms with Gasteiger partial charge in [-0.3, -0.25) is 4.79 Å². The van der Waals surface area contributed by atoms with Gasteiger partial charge in [0, 0.05) is 30.0 Å². The number of nitrogens with one attached hydrogen (secondary N) is 1. The first kappa shape index (κ1) is 12.3. The van der Waals surface area contributed by atoms with E-state index in [0.29, 0.717) is 16.4 Å². The Hall–Kier alpha value is -2.14. The molecular formula is C12H11ClN4O. The van der Waals surface area contributed by atoms with Crippen LogP contribution in [-0.2, 0) is 7.05 Å². The normalized spacial score (nSPS) is 10.8. The Labute approximate surface area is 109 Å². The maximum Gasteiger partial charge on any atom is 0.271 e. The Morgan fingerprint density at radius 2 is 2.39 bits per heavy atom. The minimum atomic E-state index is -0.317. The van der Waals surface area contributed by atoms with Crippen molar-refractivity contribution < 1.29 is 4.79 Å². The number of rotatable bonds is 3. The van der Waals surface area contributed by atoms with E-state index in [9.17, 15) is 4.79 Å². The van der Waals surface area contributed by atoms with Gasteiger partial charge in [0.05, 0.1) is 6.21 Å². The van der Waals surface area contributed by atoms with Crippen LogP contribution in [0, 0.1) is 0 Å². The largest absolute Gasteiger partial charge is 0.333 e. The third-order valence-electron chi connectivity index (χ3n) is 2.29. The fourth-order valence-electron chi connectivity index (χ4n) is 1.34. The number of hydrazone groups is 1. The second-order valence-electron chi connectivity index (χ2n) is 3.61. The molecule has 0 aliphatic carbocycles. The van der Waals surface area contributed by atoms with Gasteiger partial charge in [-0.25, -0.2) is 10.4 Å². The number of aromatic nitrogens is 2. The summed E-state index contributed by atoms with van der Waals surface area (Å²) in [5.41, 5.74) is 2.87. The van der Waals surface area contributed by atoms with Gasteiger partial charge in [0.1, 0.15) is 0 Å². The number of amides is 1. The van der Waals surface area contributed by atoms with Crippen molar-refractivity contribution in [2.45, 2.75) is 0 Å². The highest BCUT2D eigenvalue weighted by Crippen LogP contribution is 2.10. The molecule has 0 spiro atoms. The number of aryl methyl sites for hydroxylation is 1. The van der Waals surface area contributed by atoms with E-state index in [0.717, 1.165) is 0 Å². The topological polar surface area (TPSA) is 59.3 Å². The van der Waals surface area contributed by atoms with Crippen LogP contribution in [-0.4, -0.2) is 21.7 Å². The van der Waals surface area contributed by atoms with E-state index in [-0.39, 0.29) is 5.91 Å². The molecule has 0 aliphatic heterocycles. The molecule has 1 N–H and O–H groups in total. The summed E-state index contributed by atoms with van der Waals surface area (Å²) in [7, 11) is 1.84. The summed E-state index contributed by atoms with van der Waals surface area (Å²) in [6, 6.07) is 6.65. The van der Waals surface area contributed by atoms with E-state index in [1.807, 2.05) is 7.05 Å². The number of hydrogen-bond donors (Lipinski definition) is 1. The van der Waals surface area contributed by atoms with Crippen LogP contribution in [0.1, 0.15) is 16.2 Å². The zero-order valence-corrected chi connectivity index (χ0v) is 10.4. The lowest BCUT2D eigenvalue weighted by atomic mass is 10.2. The number of nitrogens with zero attached hydrogens (tertiary/aromatic N) is 3. The van der Waals surface area contributed by atoms with Crippen LogP contribution < -0.4 is 5.43 Å². The summed E-state index contributed by atoms with van der Waals surface area (Å²) in [5, 5.41) is 4.34. The summed E-state index contributed by atoms with van der Waals surface area (Å²) in [4.78, 5) is 15.7. The molecule has 0 aliphatic rings. The zero-order chi connectivity index (χ0) is 13.0. The fraction of sp³-hybridized carbons (Fsp3) is 0.0833. The van der Waals surface area contributed by atoms with E-state index in [4.69, 9.17) is 11.6 Å². The van der Waals surface area contributed by atoms with Crippen LogP contribution in [0.25, 0.3) is 0 Å². The molecule has 0 bridgehead atoms. The molecule has 0 radical (unpaired) electrons. The number of benzene rings is 1. The first-order chi connectivity index (χ1) is 8.66. The van der Waals surface area contributed by atoms with Gasteiger partial charge in [-0.2, -0.15) is 5.10 Å². The van der Waals surface area contributed by atoms with Crippen LogP contribution in [0.15, 0.2) is 41.8 Å². The van der Waals surface area contributed by atoms with E-state index < -0.39 is 0 Å². The second-order valence-corrected chi connectivity index (χ2v) is 4.04. The van der Waals surface area contributed by atoms with Crippen LogP contribution in [0.2, 0.25) is 5.02 Å². The third-order valence-corrected chi connectivity index (χ3v) is 2.53. The molecule has 0 atom stereocenters. The van der Waals surface area contributed by atoms with Crippen LogP contribution in [0.3, 0.4) is 0 Å². The molecule has 92 valence electrons. The molecule has 6 heteroatoms. The Morgan fingerprint density at radius 3 is 3.06 bits per heavy atom. The van der Waals surface area contributed by atoms with Crippen molar-refractivity contribution in [1.82, 2.24) is 15.0 Å². The summed E-state index contributed by atoms with van der Waals surface area (Å²) in [5.74, 6) is 0.337. The van der Waals surface area contributed by atoms with Gasteiger partial charge in [-0.15, -0.1) is 0 Å². The molecule has 18 heavy (non-hydrogen) atoms. The van der Waals surface area contributed by atoms with Gasteiger partial charge in [0.2, 0.25) is 0 Å². The average molecular weight is 263 g/mol. The van der Waals surface area contributed by atoms with Gasteiger partial charge >= 0.3 is 0 Å².